The summed E-state index contributed by atoms with van der Waals surface area (Å²) in [4.78, 5) is 15.3. The highest BCUT2D eigenvalue weighted by molar-refractivity contribution is 6.00. The van der Waals surface area contributed by atoms with Gasteiger partial charge in [-0.3, -0.25) is 15.1 Å². The van der Waals surface area contributed by atoms with Gasteiger partial charge < -0.3 is 0 Å². The molecule has 32 heavy (non-hydrogen) atoms. The Morgan fingerprint density at radius 2 is 1.44 bits per heavy atom. The topological polar surface area (TPSA) is 35.6 Å². The van der Waals surface area contributed by atoms with Gasteiger partial charge in [0.2, 0.25) is 0 Å². The normalized spacial score (nSPS) is 15.5. The van der Waals surface area contributed by atoms with Crippen molar-refractivity contribution >= 4 is 5.91 Å². The van der Waals surface area contributed by atoms with E-state index >= 15 is 0 Å². The second-order valence-electron chi connectivity index (χ2n) is 7.81. The fourth-order valence-corrected chi connectivity index (χ4v) is 3.83. The molecule has 0 spiro atoms. The van der Waals surface area contributed by atoms with Crippen molar-refractivity contribution in [1.82, 2.24) is 15.3 Å². The summed E-state index contributed by atoms with van der Waals surface area (Å²) in [5.74, 6) is -0.267. The molecule has 1 amide bonds. The number of hydrazine groups is 1. The zero-order chi connectivity index (χ0) is 22.6. The molecule has 3 aromatic rings. The van der Waals surface area contributed by atoms with Crippen LogP contribution >= 0.6 is 0 Å². The largest absolute Gasteiger partial charge is 0.416 e. The van der Waals surface area contributed by atoms with Gasteiger partial charge in [0.1, 0.15) is 0 Å². The van der Waals surface area contributed by atoms with Crippen molar-refractivity contribution in [2.45, 2.75) is 12.7 Å². The molecular formula is C25H24F3N3O. The number of halogens is 3. The lowest BCUT2D eigenvalue weighted by atomic mass is 9.98. The molecule has 1 aliphatic heterocycles. The van der Waals surface area contributed by atoms with Gasteiger partial charge in [-0.1, -0.05) is 60.7 Å². The van der Waals surface area contributed by atoms with Gasteiger partial charge >= 0.3 is 6.18 Å². The van der Waals surface area contributed by atoms with Crippen LogP contribution in [0.3, 0.4) is 0 Å². The number of carbonyl (C=O) groups excluding carboxylic acids is 1. The number of hydrogen-bond donors (Lipinski definition) is 1. The molecule has 0 aromatic heterocycles. The molecule has 7 heteroatoms. The van der Waals surface area contributed by atoms with Gasteiger partial charge in [0.25, 0.3) is 5.91 Å². The van der Waals surface area contributed by atoms with E-state index in [0.29, 0.717) is 29.8 Å². The van der Waals surface area contributed by atoms with E-state index in [4.69, 9.17) is 0 Å². The Kier molecular flexibility index (Phi) is 6.58. The summed E-state index contributed by atoms with van der Waals surface area (Å²) in [6.45, 7) is 3.92. The summed E-state index contributed by atoms with van der Waals surface area (Å²) in [6, 6.07) is 22.1. The first-order valence-corrected chi connectivity index (χ1v) is 10.5. The number of nitrogens with one attached hydrogen (secondary N) is 1. The van der Waals surface area contributed by atoms with Gasteiger partial charge in [0.15, 0.2) is 0 Å². The smallest absolute Gasteiger partial charge is 0.296 e. The lowest BCUT2D eigenvalue weighted by Gasteiger charge is -2.34. The predicted molar refractivity (Wildman–Crippen MR) is 118 cm³/mol. The Morgan fingerprint density at radius 1 is 0.812 bits per heavy atom. The summed E-state index contributed by atoms with van der Waals surface area (Å²) in [7, 11) is 0. The number of piperazine rings is 1. The molecule has 1 aliphatic rings. The molecule has 1 N–H and O–H groups in total. The van der Waals surface area contributed by atoms with Crippen molar-refractivity contribution in [2.24, 2.45) is 0 Å². The van der Waals surface area contributed by atoms with Crippen LogP contribution in [-0.2, 0) is 12.7 Å². The summed E-state index contributed by atoms with van der Waals surface area (Å²) in [5, 5.41) is 1.90. The lowest BCUT2D eigenvalue weighted by molar-refractivity contribution is -0.137. The monoisotopic (exact) mass is 439 g/mol. The van der Waals surface area contributed by atoms with Crippen LogP contribution in [0.2, 0.25) is 0 Å². The molecule has 0 saturated carbocycles. The van der Waals surface area contributed by atoms with Gasteiger partial charge in [-0.2, -0.15) is 13.2 Å². The van der Waals surface area contributed by atoms with E-state index in [1.54, 1.807) is 24.3 Å². The van der Waals surface area contributed by atoms with Crippen molar-refractivity contribution in [2.75, 3.05) is 26.2 Å². The Hall–Kier alpha value is -3.16. The predicted octanol–water partition coefficient (Wildman–Crippen LogP) is 4.84. The first kappa shape index (κ1) is 22.0. The van der Waals surface area contributed by atoms with Crippen molar-refractivity contribution in [3.63, 3.8) is 0 Å². The molecule has 1 fully saturated rings. The molecule has 1 saturated heterocycles. The highest BCUT2D eigenvalue weighted by atomic mass is 19.4. The van der Waals surface area contributed by atoms with E-state index in [1.165, 1.54) is 17.7 Å². The minimum Gasteiger partial charge on any atom is -0.296 e. The number of carbonyl (C=O) groups is 1. The molecule has 4 rings (SSSR count). The second-order valence-corrected chi connectivity index (χ2v) is 7.81. The summed E-state index contributed by atoms with van der Waals surface area (Å²) in [5.41, 5.74) is 5.10. The standard InChI is InChI=1S/C25H24F3N3O/c26-25(27,28)21-12-10-20(11-13-21)22-8-4-5-9-23(22)24(32)29-31-16-14-30(15-17-31)18-19-6-2-1-3-7-19/h1-13H,14-18H2,(H,29,32). The van der Waals surface area contributed by atoms with Crippen LogP contribution in [0.5, 0.6) is 0 Å². The van der Waals surface area contributed by atoms with E-state index in [9.17, 15) is 18.0 Å². The van der Waals surface area contributed by atoms with E-state index < -0.39 is 11.7 Å². The zero-order valence-electron chi connectivity index (χ0n) is 17.5. The maximum atomic E-state index is 13.0. The first-order chi connectivity index (χ1) is 15.4. The highest BCUT2D eigenvalue weighted by Gasteiger charge is 2.30. The van der Waals surface area contributed by atoms with E-state index in [1.807, 2.05) is 23.2 Å². The molecule has 0 atom stereocenters. The number of rotatable bonds is 5. The van der Waals surface area contributed by atoms with Crippen LogP contribution in [0.4, 0.5) is 13.2 Å². The summed E-state index contributed by atoms with van der Waals surface area (Å²) in [6.07, 6.45) is -4.39. The molecule has 0 radical (unpaired) electrons. The number of alkyl halides is 3. The number of amides is 1. The highest BCUT2D eigenvalue weighted by Crippen LogP contribution is 2.31. The third kappa shape index (κ3) is 5.36. The van der Waals surface area contributed by atoms with Crippen LogP contribution in [0, 0.1) is 0 Å². The zero-order valence-corrected chi connectivity index (χ0v) is 17.5. The SMILES string of the molecule is O=C(NN1CCN(Cc2ccccc2)CC1)c1ccccc1-c1ccc(C(F)(F)F)cc1. The second kappa shape index (κ2) is 9.54. The molecule has 166 valence electrons. The molecule has 3 aromatic carbocycles. The molecule has 0 aliphatic carbocycles. The Labute approximate surface area is 185 Å². The Bertz CT molecular complexity index is 1040. The van der Waals surface area contributed by atoms with Gasteiger partial charge in [-0.05, 0) is 34.9 Å². The van der Waals surface area contributed by atoms with E-state index in [2.05, 4.69) is 22.5 Å². The number of benzene rings is 3. The fraction of sp³-hybridized carbons (Fsp3) is 0.240. The maximum absolute atomic E-state index is 13.0. The molecular weight excluding hydrogens is 415 g/mol. The van der Waals surface area contributed by atoms with Crippen LogP contribution in [0.1, 0.15) is 21.5 Å². The van der Waals surface area contributed by atoms with Gasteiger partial charge in [-0.25, -0.2) is 5.01 Å². The first-order valence-electron chi connectivity index (χ1n) is 10.5. The number of nitrogens with zero attached hydrogens (tertiary/aromatic N) is 2. The molecule has 0 unspecified atom stereocenters. The average Bonchev–Trinajstić information content (AvgIpc) is 2.80. The summed E-state index contributed by atoms with van der Waals surface area (Å²) < 4.78 is 38.6. The minimum absolute atomic E-state index is 0.267. The van der Waals surface area contributed by atoms with Crippen LogP contribution < -0.4 is 5.43 Å². The average molecular weight is 439 g/mol. The molecule has 1 heterocycles. The third-order valence-electron chi connectivity index (χ3n) is 5.58. The van der Waals surface area contributed by atoms with Crippen LogP contribution in [0.25, 0.3) is 11.1 Å². The van der Waals surface area contributed by atoms with Crippen LogP contribution in [0.15, 0.2) is 78.9 Å². The quantitative estimate of drug-likeness (QED) is 0.618. The van der Waals surface area contributed by atoms with E-state index in [0.717, 1.165) is 31.8 Å². The number of hydrogen-bond acceptors (Lipinski definition) is 3. The fourth-order valence-electron chi connectivity index (χ4n) is 3.83. The maximum Gasteiger partial charge on any atom is 0.416 e. The Balaban J connectivity index is 1.39. The van der Waals surface area contributed by atoms with Gasteiger partial charge in [0, 0.05) is 38.3 Å². The van der Waals surface area contributed by atoms with Crippen molar-refractivity contribution in [1.29, 1.82) is 0 Å². The Morgan fingerprint density at radius 3 is 2.09 bits per heavy atom. The van der Waals surface area contributed by atoms with Crippen LogP contribution in [-0.4, -0.2) is 42.0 Å². The lowest BCUT2D eigenvalue weighted by Crippen LogP contribution is -2.53. The minimum atomic E-state index is -4.39. The molecule has 0 bridgehead atoms. The summed E-state index contributed by atoms with van der Waals surface area (Å²) >= 11 is 0. The van der Waals surface area contributed by atoms with Crippen molar-refractivity contribution in [3.8, 4) is 11.1 Å². The van der Waals surface area contributed by atoms with Crippen molar-refractivity contribution in [3.05, 3.63) is 95.6 Å². The van der Waals surface area contributed by atoms with Crippen molar-refractivity contribution < 1.29 is 18.0 Å². The third-order valence-corrected chi connectivity index (χ3v) is 5.58. The van der Waals surface area contributed by atoms with Gasteiger partial charge in [-0.15, -0.1) is 0 Å². The van der Waals surface area contributed by atoms with E-state index in [-0.39, 0.29) is 5.91 Å². The molecule has 4 nitrogen and oxygen atoms in total. The van der Waals surface area contributed by atoms with Gasteiger partial charge in [0.05, 0.1) is 5.56 Å².